The monoisotopic (exact) mass is 591 g/mol. The Morgan fingerprint density at radius 3 is 2.16 bits per heavy atom. The van der Waals surface area contributed by atoms with Crippen LogP contribution in [0.2, 0.25) is 15.1 Å². The van der Waals surface area contributed by atoms with E-state index in [1.165, 1.54) is 30.2 Å². The third-order valence-electron chi connectivity index (χ3n) is 5.33. The van der Waals surface area contributed by atoms with Crippen molar-refractivity contribution in [2.75, 3.05) is 24.2 Å². The summed E-state index contributed by atoms with van der Waals surface area (Å²) in [6.07, 6.45) is 1.25. The SMILES string of the molecule is CC[C@H](C(=O)NC(C)(C)C)N(Cc1ccc(Cl)cc1Cl)C(=O)CN(c1cc(Cl)ccc1OC)S(C)(=O)=O. The summed E-state index contributed by atoms with van der Waals surface area (Å²) >= 11 is 18.5. The Morgan fingerprint density at radius 2 is 1.65 bits per heavy atom. The van der Waals surface area contributed by atoms with E-state index in [1.807, 2.05) is 20.8 Å². The lowest BCUT2D eigenvalue weighted by Gasteiger charge is -2.34. The van der Waals surface area contributed by atoms with E-state index in [2.05, 4.69) is 5.32 Å². The number of halogens is 3. The van der Waals surface area contributed by atoms with Crippen LogP contribution >= 0.6 is 34.8 Å². The molecule has 2 aromatic rings. The number of ether oxygens (including phenoxy) is 1. The summed E-state index contributed by atoms with van der Waals surface area (Å²) in [5.74, 6) is -0.776. The average molecular weight is 593 g/mol. The van der Waals surface area contributed by atoms with Gasteiger partial charge in [0.2, 0.25) is 21.8 Å². The number of carbonyl (C=O) groups excluding carboxylic acids is 2. The van der Waals surface area contributed by atoms with E-state index in [4.69, 9.17) is 39.5 Å². The van der Waals surface area contributed by atoms with Crippen molar-refractivity contribution >= 4 is 62.3 Å². The number of nitrogens with zero attached hydrogens (tertiary/aromatic N) is 2. The minimum Gasteiger partial charge on any atom is -0.495 e. The normalized spacial score (nSPS) is 12.6. The summed E-state index contributed by atoms with van der Waals surface area (Å²) in [4.78, 5) is 28.4. The molecule has 2 amide bonds. The number of nitrogens with one attached hydrogen (secondary N) is 1. The van der Waals surface area contributed by atoms with Crippen LogP contribution in [0, 0.1) is 0 Å². The predicted octanol–water partition coefficient (Wildman–Crippen LogP) is 5.14. The Bertz CT molecular complexity index is 1250. The van der Waals surface area contributed by atoms with Crippen LogP contribution in [0.25, 0.3) is 0 Å². The summed E-state index contributed by atoms with van der Waals surface area (Å²) < 4.78 is 31.9. The van der Waals surface area contributed by atoms with E-state index >= 15 is 0 Å². The second-order valence-corrected chi connectivity index (χ2v) is 12.7. The van der Waals surface area contributed by atoms with Gasteiger partial charge in [-0.1, -0.05) is 47.8 Å². The van der Waals surface area contributed by atoms with Gasteiger partial charge in [-0.15, -0.1) is 0 Å². The number of sulfonamides is 1. The summed E-state index contributed by atoms with van der Waals surface area (Å²) in [6, 6.07) is 8.38. The Hall–Kier alpha value is -2.20. The number of hydrogen-bond acceptors (Lipinski definition) is 5. The number of amides is 2. The molecule has 12 heteroatoms. The molecule has 1 N–H and O–H groups in total. The number of rotatable bonds is 10. The third kappa shape index (κ3) is 8.67. The molecule has 0 fully saturated rings. The smallest absolute Gasteiger partial charge is 0.244 e. The van der Waals surface area contributed by atoms with E-state index in [0.29, 0.717) is 15.6 Å². The molecule has 0 saturated heterocycles. The number of anilines is 1. The van der Waals surface area contributed by atoms with Crippen LogP contribution in [0.15, 0.2) is 36.4 Å². The molecule has 0 heterocycles. The molecule has 0 unspecified atom stereocenters. The molecule has 0 saturated carbocycles. The van der Waals surface area contributed by atoms with Gasteiger partial charge < -0.3 is 15.0 Å². The van der Waals surface area contributed by atoms with Crippen molar-refractivity contribution in [3.8, 4) is 5.75 Å². The van der Waals surface area contributed by atoms with Crippen molar-refractivity contribution in [1.29, 1.82) is 0 Å². The molecule has 0 aliphatic rings. The van der Waals surface area contributed by atoms with Crippen LogP contribution in [0.5, 0.6) is 5.75 Å². The quantitative estimate of drug-likeness (QED) is 0.412. The lowest BCUT2D eigenvalue weighted by Crippen LogP contribution is -2.55. The van der Waals surface area contributed by atoms with Gasteiger partial charge in [0, 0.05) is 27.2 Å². The lowest BCUT2D eigenvalue weighted by atomic mass is 10.1. The maximum Gasteiger partial charge on any atom is 0.244 e. The summed E-state index contributed by atoms with van der Waals surface area (Å²) in [6.45, 7) is 6.62. The second-order valence-electron chi connectivity index (χ2n) is 9.51. The highest BCUT2D eigenvalue weighted by Gasteiger charge is 2.34. The van der Waals surface area contributed by atoms with Gasteiger partial charge in [-0.3, -0.25) is 13.9 Å². The van der Waals surface area contributed by atoms with Crippen molar-refractivity contribution < 1.29 is 22.7 Å². The van der Waals surface area contributed by atoms with Crippen LogP contribution in [0.3, 0.4) is 0 Å². The maximum atomic E-state index is 13.8. The minimum atomic E-state index is -3.96. The summed E-state index contributed by atoms with van der Waals surface area (Å²) in [5, 5.41) is 3.89. The van der Waals surface area contributed by atoms with Crippen LogP contribution in [0.1, 0.15) is 39.7 Å². The molecule has 2 rings (SSSR count). The lowest BCUT2D eigenvalue weighted by molar-refractivity contribution is -0.141. The Labute approximate surface area is 233 Å². The molecule has 204 valence electrons. The van der Waals surface area contributed by atoms with E-state index in [9.17, 15) is 18.0 Å². The minimum absolute atomic E-state index is 0.0464. The number of carbonyl (C=O) groups is 2. The Balaban J connectivity index is 2.57. The van der Waals surface area contributed by atoms with E-state index < -0.39 is 34.1 Å². The van der Waals surface area contributed by atoms with Gasteiger partial charge in [0.05, 0.1) is 19.1 Å². The summed E-state index contributed by atoms with van der Waals surface area (Å²) in [5.41, 5.74) is 0.0968. The van der Waals surface area contributed by atoms with Gasteiger partial charge in [0.15, 0.2) is 0 Å². The van der Waals surface area contributed by atoms with Gasteiger partial charge in [0.25, 0.3) is 0 Å². The van der Waals surface area contributed by atoms with Crippen LogP contribution in [-0.2, 0) is 26.2 Å². The second kappa shape index (κ2) is 12.6. The van der Waals surface area contributed by atoms with Crippen LogP contribution in [0.4, 0.5) is 5.69 Å². The first kappa shape index (κ1) is 31.0. The van der Waals surface area contributed by atoms with Crippen molar-refractivity contribution in [2.24, 2.45) is 0 Å². The Kier molecular flexibility index (Phi) is 10.5. The number of benzene rings is 2. The van der Waals surface area contributed by atoms with E-state index in [0.717, 1.165) is 10.6 Å². The molecule has 0 radical (unpaired) electrons. The first-order chi connectivity index (χ1) is 17.1. The zero-order valence-corrected chi connectivity index (χ0v) is 24.7. The Morgan fingerprint density at radius 1 is 1.05 bits per heavy atom. The summed E-state index contributed by atoms with van der Waals surface area (Å²) in [7, 11) is -2.58. The highest BCUT2D eigenvalue weighted by atomic mass is 35.5. The zero-order chi connectivity index (χ0) is 28.1. The van der Waals surface area contributed by atoms with Gasteiger partial charge in [-0.05, 0) is 63.1 Å². The van der Waals surface area contributed by atoms with E-state index in [-0.39, 0.29) is 35.3 Å². The molecule has 1 atom stereocenters. The maximum absolute atomic E-state index is 13.8. The van der Waals surface area contributed by atoms with Crippen molar-refractivity contribution in [2.45, 2.75) is 52.2 Å². The molecular weight excluding hydrogens is 561 g/mol. The van der Waals surface area contributed by atoms with Gasteiger partial charge in [0.1, 0.15) is 18.3 Å². The predicted molar refractivity (Wildman–Crippen MR) is 149 cm³/mol. The topological polar surface area (TPSA) is 96.0 Å². The molecule has 0 spiro atoms. The van der Waals surface area contributed by atoms with Gasteiger partial charge in [-0.2, -0.15) is 0 Å². The molecule has 8 nitrogen and oxygen atoms in total. The molecular formula is C25H32Cl3N3O5S. The van der Waals surface area contributed by atoms with E-state index in [1.54, 1.807) is 25.1 Å². The first-order valence-corrected chi connectivity index (χ1v) is 14.4. The van der Waals surface area contributed by atoms with Crippen molar-refractivity contribution in [3.05, 3.63) is 57.0 Å². The zero-order valence-electron chi connectivity index (χ0n) is 21.6. The molecule has 0 aliphatic heterocycles. The fourth-order valence-electron chi connectivity index (χ4n) is 3.66. The average Bonchev–Trinajstić information content (AvgIpc) is 2.76. The molecule has 0 aromatic heterocycles. The molecule has 0 bridgehead atoms. The fraction of sp³-hybridized carbons (Fsp3) is 0.440. The van der Waals surface area contributed by atoms with Crippen LogP contribution < -0.4 is 14.4 Å². The van der Waals surface area contributed by atoms with Gasteiger partial charge in [-0.25, -0.2) is 8.42 Å². The van der Waals surface area contributed by atoms with Crippen molar-refractivity contribution in [3.63, 3.8) is 0 Å². The standard InChI is InChI=1S/C25H32Cl3N3O5S/c1-7-20(24(33)29-25(2,3)4)30(14-16-8-9-17(26)12-19(16)28)23(32)15-31(37(6,34)35)21-13-18(27)10-11-22(21)36-5/h8-13,20H,7,14-15H2,1-6H3,(H,29,33)/t20-/m1/s1. The first-order valence-electron chi connectivity index (χ1n) is 11.4. The number of methoxy groups -OCH3 is 1. The molecule has 37 heavy (non-hydrogen) atoms. The highest BCUT2D eigenvalue weighted by Crippen LogP contribution is 2.33. The van der Waals surface area contributed by atoms with Crippen molar-refractivity contribution in [1.82, 2.24) is 10.2 Å². The highest BCUT2D eigenvalue weighted by molar-refractivity contribution is 7.92. The molecule has 0 aliphatic carbocycles. The van der Waals surface area contributed by atoms with Crippen LogP contribution in [-0.4, -0.2) is 56.6 Å². The molecule has 2 aromatic carbocycles. The van der Waals surface area contributed by atoms with Gasteiger partial charge >= 0.3 is 0 Å². The fourth-order valence-corrected chi connectivity index (χ4v) is 5.14. The number of hydrogen-bond donors (Lipinski definition) is 1. The third-order valence-corrected chi connectivity index (χ3v) is 7.28. The largest absolute Gasteiger partial charge is 0.495 e.